The van der Waals surface area contributed by atoms with Gasteiger partial charge in [0, 0.05) is 6.42 Å². The molecule has 1 atom stereocenters. The summed E-state index contributed by atoms with van der Waals surface area (Å²) in [6.45, 7) is 4.01. The van der Waals surface area contributed by atoms with Crippen LogP contribution in [-0.2, 0) is 16.0 Å². The normalized spacial score (nSPS) is 11.6. The number of methoxy groups -OCH3 is 1. The number of aryl methyl sites for hydroxylation is 1. The van der Waals surface area contributed by atoms with E-state index in [9.17, 15) is 9.59 Å². The lowest BCUT2D eigenvalue weighted by Gasteiger charge is -2.15. The van der Waals surface area contributed by atoms with Crippen molar-refractivity contribution in [1.29, 1.82) is 0 Å². The van der Waals surface area contributed by atoms with Crippen molar-refractivity contribution >= 4 is 11.9 Å². The van der Waals surface area contributed by atoms with Gasteiger partial charge in [-0.25, -0.2) is 0 Å². The van der Waals surface area contributed by atoms with Crippen LogP contribution in [0.4, 0.5) is 0 Å². The van der Waals surface area contributed by atoms with Crippen molar-refractivity contribution < 1.29 is 24.2 Å². The summed E-state index contributed by atoms with van der Waals surface area (Å²) >= 11 is 0. The first-order valence-corrected chi connectivity index (χ1v) is 7.30. The van der Waals surface area contributed by atoms with E-state index in [0.717, 1.165) is 12.0 Å². The van der Waals surface area contributed by atoms with Crippen molar-refractivity contribution in [3.63, 3.8) is 0 Å². The lowest BCUT2D eigenvalue weighted by molar-refractivity contribution is -0.141. The molecule has 0 aromatic heterocycles. The summed E-state index contributed by atoms with van der Waals surface area (Å²) in [6.07, 6.45) is 1.51. The number of carbonyl (C=O) groups is 2. The molecule has 122 valence electrons. The van der Waals surface area contributed by atoms with Gasteiger partial charge < -0.3 is 19.9 Å². The van der Waals surface area contributed by atoms with Gasteiger partial charge in [0.15, 0.2) is 11.5 Å². The molecule has 6 heteroatoms. The Balaban J connectivity index is 2.72. The van der Waals surface area contributed by atoms with Crippen molar-refractivity contribution in [2.45, 2.75) is 39.2 Å². The van der Waals surface area contributed by atoms with E-state index in [4.69, 9.17) is 14.6 Å². The number of aliphatic carboxylic acids is 1. The molecule has 0 aliphatic rings. The highest BCUT2D eigenvalue weighted by Crippen LogP contribution is 2.32. The predicted molar refractivity (Wildman–Crippen MR) is 82.3 cm³/mol. The maximum absolute atomic E-state index is 11.8. The fraction of sp³-hybridized carbons (Fsp3) is 0.500. The number of nitrogens with one attached hydrogen (secondary N) is 1. The van der Waals surface area contributed by atoms with Crippen LogP contribution in [0.1, 0.15) is 32.3 Å². The second-order valence-corrected chi connectivity index (χ2v) is 4.92. The summed E-state index contributed by atoms with van der Waals surface area (Å²) in [5, 5.41) is 11.2. The average Bonchev–Trinajstić information content (AvgIpc) is 2.50. The Morgan fingerprint density at radius 1 is 1.36 bits per heavy atom. The van der Waals surface area contributed by atoms with E-state index < -0.39 is 12.0 Å². The lowest BCUT2D eigenvalue weighted by Crippen LogP contribution is -2.38. The van der Waals surface area contributed by atoms with Gasteiger partial charge in [-0.2, -0.15) is 0 Å². The van der Waals surface area contributed by atoms with E-state index in [0.29, 0.717) is 24.5 Å². The molecule has 1 unspecified atom stereocenters. The number of carbonyl (C=O) groups excluding carboxylic acids is 1. The van der Waals surface area contributed by atoms with Crippen LogP contribution in [0.25, 0.3) is 0 Å². The minimum Gasteiger partial charge on any atom is -0.493 e. The van der Waals surface area contributed by atoms with Crippen LogP contribution < -0.4 is 14.8 Å². The van der Waals surface area contributed by atoms with E-state index in [2.05, 4.69) is 5.32 Å². The van der Waals surface area contributed by atoms with Gasteiger partial charge in [0.25, 0.3) is 0 Å². The van der Waals surface area contributed by atoms with Crippen LogP contribution in [0.2, 0.25) is 0 Å². The molecule has 2 N–H and O–H groups in total. The number of para-hydroxylation sites is 1. The minimum atomic E-state index is -1.05. The van der Waals surface area contributed by atoms with Crippen LogP contribution in [0.5, 0.6) is 11.5 Å². The zero-order valence-corrected chi connectivity index (χ0v) is 13.2. The molecular formula is C16H23NO5. The number of hydrogen-bond acceptors (Lipinski definition) is 4. The molecule has 22 heavy (non-hydrogen) atoms. The van der Waals surface area contributed by atoms with Crippen LogP contribution in [0.3, 0.4) is 0 Å². The van der Waals surface area contributed by atoms with Crippen LogP contribution in [0, 0.1) is 0 Å². The number of rotatable bonds is 9. The highest BCUT2D eigenvalue weighted by molar-refractivity contribution is 5.83. The Bertz CT molecular complexity index is 515. The van der Waals surface area contributed by atoms with Gasteiger partial charge in [-0.05, 0) is 31.4 Å². The van der Waals surface area contributed by atoms with Crippen molar-refractivity contribution in [3.05, 3.63) is 23.8 Å². The fourth-order valence-corrected chi connectivity index (χ4v) is 1.91. The molecule has 0 spiro atoms. The second kappa shape index (κ2) is 8.92. The molecule has 0 heterocycles. The number of amides is 1. The number of carboxylic acid groups (broad SMARTS) is 1. The molecule has 0 fully saturated rings. The van der Waals surface area contributed by atoms with Gasteiger partial charge in [0.1, 0.15) is 6.04 Å². The summed E-state index contributed by atoms with van der Waals surface area (Å²) in [5.74, 6) is -0.0861. The van der Waals surface area contributed by atoms with E-state index in [1.54, 1.807) is 13.2 Å². The minimum absolute atomic E-state index is 0.188. The predicted octanol–water partition coefficient (Wildman–Crippen LogP) is 2.01. The zero-order chi connectivity index (χ0) is 16.5. The van der Waals surface area contributed by atoms with Gasteiger partial charge in [-0.1, -0.05) is 19.1 Å². The summed E-state index contributed by atoms with van der Waals surface area (Å²) in [6, 6.07) is 4.63. The molecule has 1 aromatic carbocycles. The van der Waals surface area contributed by atoms with Gasteiger partial charge >= 0.3 is 5.97 Å². The standard InChI is InChI=1S/C16H23NO5/c1-4-10-22-15-12(6-5-7-13(15)21-3)8-9-14(18)17-11(2)16(19)20/h5-7,11H,4,8-10H2,1-3H3,(H,17,18)(H,19,20). The Morgan fingerprint density at radius 3 is 2.68 bits per heavy atom. The largest absolute Gasteiger partial charge is 0.493 e. The highest BCUT2D eigenvalue weighted by Gasteiger charge is 2.15. The van der Waals surface area contributed by atoms with Crippen molar-refractivity contribution in [1.82, 2.24) is 5.32 Å². The van der Waals surface area contributed by atoms with E-state index >= 15 is 0 Å². The van der Waals surface area contributed by atoms with Gasteiger partial charge in [0.2, 0.25) is 5.91 Å². The van der Waals surface area contributed by atoms with Gasteiger partial charge in [-0.15, -0.1) is 0 Å². The number of benzene rings is 1. The number of hydrogen-bond donors (Lipinski definition) is 2. The summed E-state index contributed by atoms with van der Waals surface area (Å²) in [4.78, 5) is 22.5. The first kappa shape index (κ1) is 17.8. The van der Waals surface area contributed by atoms with Crippen LogP contribution in [-0.4, -0.2) is 36.7 Å². The molecule has 0 saturated heterocycles. The Labute approximate surface area is 130 Å². The molecule has 0 radical (unpaired) electrons. The summed E-state index contributed by atoms with van der Waals surface area (Å²) in [5.41, 5.74) is 0.867. The van der Waals surface area contributed by atoms with Crippen LogP contribution in [0.15, 0.2) is 18.2 Å². The van der Waals surface area contributed by atoms with Crippen molar-refractivity contribution in [3.8, 4) is 11.5 Å². The van der Waals surface area contributed by atoms with Crippen molar-refractivity contribution in [2.24, 2.45) is 0 Å². The molecule has 1 rings (SSSR count). The third kappa shape index (κ3) is 5.27. The zero-order valence-electron chi connectivity index (χ0n) is 13.2. The molecule has 6 nitrogen and oxygen atoms in total. The van der Waals surface area contributed by atoms with Gasteiger partial charge in [0.05, 0.1) is 13.7 Å². The fourth-order valence-electron chi connectivity index (χ4n) is 1.91. The monoisotopic (exact) mass is 309 g/mol. The summed E-state index contributed by atoms with van der Waals surface area (Å²) < 4.78 is 11.0. The number of carboxylic acids is 1. The van der Waals surface area contributed by atoms with Crippen molar-refractivity contribution in [2.75, 3.05) is 13.7 Å². The molecule has 1 aromatic rings. The van der Waals surface area contributed by atoms with E-state index in [1.165, 1.54) is 6.92 Å². The second-order valence-electron chi connectivity index (χ2n) is 4.92. The highest BCUT2D eigenvalue weighted by atomic mass is 16.5. The maximum Gasteiger partial charge on any atom is 0.325 e. The smallest absolute Gasteiger partial charge is 0.325 e. The molecule has 0 saturated carbocycles. The first-order valence-electron chi connectivity index (χ1n) is 7.30. The SMILES string of the molecule is CCCOc1c(CCC(=O)NC(C)C(=O)O)cccc1OC. The van der Waals surface area contributed by atoms with Crippen LogP contribution >= 0.6 is 0 Å². The molecular weight excluding hydrogens is 286 g/mol. The Hall–Kier alpha value is -2.24. The number of ether oxygens (including phenoxy) is 2. The third-order valence-electron chi connectivity index (χ3n) is 3.10. The Morgan fingerprint density at radius 2 is 2.09 bits per heavy atom. The molecule has 0 bridgehead atoms. The quantitative estimate of drug-likeness (QED) is 0.729. The molecule has 0 aliphatic heterocycles. The maximum atomic E-state index is 11.8. The molecule has 1 amide bonds. The Kier molecular flexibility index (Phi) is 7.22. The topological polar surface area (TPSA) is 84.9 Å². The average molecular weight is 309 g/mol. The van der Waals surface area contributed by atoms with E-state index in [-0.39, 0.29) is 12.3 Å². The van der Waals surface area contributed by atoms with E-state index in [1.807, 2.05) is 19.1 Å². The third-order valence-corrected chi connectivity index (χ3v) is 3.10. The lowest BCUT2D eigenvalue weighted by atomic mass is 10.1. The molecule has 0 aliphatic carbocycles. The summed E-state index contributed by atoms with van der Waals surface area (Å²) in [7, 11) is 1.57. The first-order chi connectivity index (χ1) is 10.5. The van der Waals surface area contributed by atoms with Gasteiger partial charge in [-0.3, -0.25) is 9.59 Å².